The quantitative estimate of drug-likeness (QED) is 0.322. The number of thioether (sulfide) groups is 1. The normalized spacial score (nSPS) is 10.5. The minimum atomic E-state index is -0.199. The van der Waals surface area contributed by atoms with Crippen LogP contribution in [0, 0.1) is 18.3 Å². The number of nitrogens with one attached hydrogen (secondary N) is 1. The fourth-order valence-corrected chi connectivity index (χ4v) is 3.55. The third-order valence-corrected chi connectivity index (χ3v) is 5.59. The number of carbonyl (C=O) groups is 1. The summed E-state index contributed by atoms with van der Waals surface area (Å²) in [5.74, 6) is 1.54. The number of nitriles is 1. The molecule has 0 aliphatic heterocycles. The summed E-state index contributed by atoms with van der Waals surface area (Å²) in [7, 11) is 0. The van der Waals surface area contributed by atoms with Gasteiger partial charge < -0.3 is 14.5 Å². The number of rotatable bonds is 7. The van der Waals surface area contributed by atoms with Gasteiger partial charge in [-0.15, -0.1) is 10.2 Å². The summed E-state index contributed by atoms with van der Waals surface area (Å²) in [6.07, 6.45) is 0. The average molecular weight is 477 g/mol. The molecule has 1 heterocycles. The van der Waals surface area contributed by atoms with Gasteiger partial charge in [-0.05, 0) is 79.2 Å². The number of hydrogen-bond donors (Lipinski definition) is 1. The summed E-state index contributed by atoms with van der Waals surface area (Å²) in [5.41, 5.74) is 2.85. The Balaban J connectivity index is 1.32. The van der Waals surface area contributed by atoms with Crippen LogP contribution in [0.15, 0.2) is 76.4 Å². The molecular weight excluding hydrogens is 460 g/mol. The Morgan fingerprint density at radius 3 is 2.52 bits per heavy atom. The second-order valence-electron chi connectivity index (χ2n) is 6.93. The number of nitrogens with zero attached hydrogens (tertiary/aromatic N) is 3. The number of aryl methyl sites for hydroxylation is 1. The number of hydrogen-bond acceptors (Lipinski definition) is 7. The number of amides is 1. The maximum atomic E-state index is 12.4. The van der Waals surface area contributed by atoms with E-state index in [0.717, 1.165) is 22.9 Å². The largest absolute Gasteiger partial charge is 0.457 e. The highest BCUT2D eigenvalue weighted by molar-refractivity contribution is 7.99. The monoisotopic (exact) mass is 476 g/mol. The molecule has 0 saturated carbocycles. The van der Waals surface area contributed by atoms with Gasteiger partial charge in [0.05, 0.1) is 17.4 Å². The molecule has 33 heavy (non-hydrogen) atoms. The molecule has 164 valence electrons. The van der Waals surface area contributed by atoms with Crippen molar-refractivity contribution in [2.75, 3.05) is 11.1 Å². The van der Waals surface area contributed by atoms with Crippen LogP contribution in [0.4, 0.5) is 5.69 Å². The molecule has 0 saturated heterocycles. The van der Waals surface area contributed by atoms with Crippen molar-refractivity contribution in [2.45, 2.75) is 12.1 Å². The van der Waals surface area contributed by atoms with Gasteiger partial charge in [-0.2, -0.15) is 5.26 Å². The van der Waals surface area contributed by atoms with Gasteiger partial charge in [-0.3, -0.25) is 4.79 Å². The first-order valence-electron chi connectivity index (χ1n) is 9.81. The van der Waals surface area contributed by atoms with E-state index in [1.807, 2.05) is 13.0 Å². The number of carbonyl (C=O) groups excluding carboxylic acids is 1. The van der Waals surface area contributed by atoms with Crippen molar-refractivity contribution in [3.8, 4) is 29.0 Å². The lowest BCUT2D eigenvalue weighted by atomic mass is 10.2. The second kappa shape index (κ2) is 10.2. The van der Waals surface area contributed by atoms with Crippen molar-refractivity contribution in [1.82, 2.24) is 10.2 Å². The molecule has 1 amide bonds. The van der Waals surface area contributed by atoms with E-state index in [2.05, 4.69) is 21.6 Å². The van der Waals surface area contributed by atoms with Gasteiger partial charge in [-0.1, -0.05) is 23.4 Å². The molecule has 0 aliphatic carbocycles. The van der Waals surface area contributed by atoms with E-state index >= 15 is 0 Å². The summed E-state index contributed by atoms with van der Waals surface area (Å²) in [6.45, 7) is 1.88. The van der Waals surface area contributed by atoms with Crippen LogP contribution in [0.25, 0.3) is 11.5 Å². The Bertz CT molecular complexity index is 1320. The number of ether oxygens (including phenoxy) is 1. The zero-order valence-electron chi connectivity index (χ0n) is 17.4. The lowest BCUT2D eigenvalue weighted by Gasteiger charge is -2.11. The van der Waals surface area contributed by atoms with E-state index in [0.29, 0.717) is 38.9 Å². The van der Waals surface area contributed by atoms with Gasteiger partial charge in [-0.25, -0.2) is 0 Å². The number of anilines is 1. The van der Waals surface area contributed by atoms with E-state index in [9.17, 15) is 4.79 Å². The van der Waals surface area contributed by atoms with Gasteiger partial charge in [0.25, 0.3) is 5.22 Å². The number of aromatic nitrogens is 2. The van der Waals surface area contributed by atoms with Crippen LogP contribution in [-0.4, -0.2) is 21.9 Å². The van der Waals surface area contributed by atoms with Gasteiger partial charge in [0.1, 0.15) is 11.5 Å². The molecule has 4 aromatic rings. The first kappa shape index (κ1) is 22.4. The zero-order valence-corrected chi connectivity index (χ0v) is 19.0. The van der Waals surface area contributed by atoms with Crippen LogP contribution < -0.4 is 10.1 Å². The minimum absolute atomic E-state index is 0.116. The molecule has 4 rings (SSSR count). The van der Waals surface area contributed by atoms with Gasteiger partial charge in [0.15, 0.2) is 0 Å². The molecule has 0 radical (unpaired) electrons. The second-order valence-corrected chi connectivity index (χ2v) is 8.29. The zero-order chi connectivity index (χ0) is 23.2. The number of halogens is 1. The molecular formula is C24H17ClN4O3S. The molecule has 3 aromatic carbocycles. The molecule has 1 N–H and O–H groups in total. The lowest BCUT2D eigenvalue weighted by Crippen LogP contribution is -2.14. The van der Waals surface area contributed by atoms with Crippen molar-refractivity contribution in [2.24, 2.45) is 0 Å². The highest BCUT2D eigenvalue weighted by Gasteiger charge is 2.12. The van der Waals surface area contributed by atoms with Crippen molar-refractivity contribution < 1.29 is 13.9 Å². The van der Waals surface area contributed by atoms with Crippen LogP contribution in [0.2, 0.25) is 5.02 Å². The highest BCUT2D eigenvalue weighted by atomic mass is 35.5. The fourth-order valence-electron chi connectivity index (χ4n) is 2.86. The van der Waals surface area contributed by atoms with Gasteiger partial charge in [0, 0.05) is 16.3 Å². The van der Waals surface area contributed by atoms with Crippen LogP contribution in [0.1, 0.15) is 11.1 Å². The Morgan fingerprint density at radius 2 is 1.82 bits per heavy atom. The van der Waals surface area contributed by atoms with E-state index < -0.39 is 0 Å². The highest BCUT2D eigenvalue weighted by Crippen LogP contribution is 2.27. The molecule has 0 bridgehead atoms. The predicted octanol–water partition coefficient (Wildman–Crippen LogP) is 6.09. The standard InChI is InChI=1S/C24H17ClN4O3S/c1-15-12-20(31-19-8-2-16(13-26)3-9-19)10-11-21(15)27-22(30)14-33-24-29-28-23(32-24)17-4-6-18(25)7-5-17/h2-12H,14H2,1H3,(H,27,30). The summed E-state index contributed by atoms with van der Waals surface area (Å²) in [4.78, 5) is 12.4. The fraction of sp³-hybridized carbons (Fsp3) is 0.0833. The molecule has 7 nitrogen and oxygen atoms in total. The maximum absolute atomic E-state index is 12.4. The van der Waals surface area contributed by atoms with E-state index in [1.54, 1.807) is 60.7 Å². The molecule has 0 atom stereocenters. The first-order valence-corrected chi connectivity index (χ1v) is 11.2. The minimum Gasteiger partial charge on any atom is -0.457 e. The van der Waals surface area contributed by atoms with E-state index in [1.165, 1.54) is 0 Å². The van der Waals surface area contributed by atoms with E-state index in [4.69, 9.17) is 26.0 Å². The summed E-state index contributed by atoms with van der Waals surface area (Å²) in [6, 6.07) is 21.3. The molecule has 0 unspecified atom stereocenters. The van der Waals surface area contributed by atoms with E-state index in [-0.39, 0.29) is 11.7 Å². The van der Waals surface area contributed by atoms with Crippen LogP contribution in [-0.2, 0) is 4.79 Å². The molecule has 0 aliphatic rings. The Labute approximate surface area is 199 Å². The summed E-state index contributed by atoms with van der Waals surface area (Å²) < 4.78 is 11.4. The first-order chi connectivity index (χ1) is 16.0. The van der Waals surface area contributed by atoms with Crippen molar-refractivity contribution >= 4 is 35.0 Å². The van der Waals surface area contributed by atoms with Gasteiger partial charge >= 0.3 is 0 Å². The third kappa shape index (κ3) is 5.92. The smallest absolute Gasteiger partial charge is 0.277 e. The van der Waals surface area contributed by atoms with Crippen LogP contribution >= 0.6 is 23.4 Å². The van der Waals surface area contributed by atoms with Crippen LogP contribution in [0.3, 0.4) is 0 Å². The van der Waals surface area contributed by atoms with Crippen molar-refractivity contribution in [3.63, 3.8) is 0 Å². The molecule has 0 spiro atoms. The summed E-state index contributed by atoms with van der Waals surface area (Å²) >= 11 is 7.04. The Kier molecular flexibility index (Phi) is 6.93. The average Bonchev–Trinajstić information content (AvgIpc) is 3.30. The Morgan fingerprint density at radius 1 is 1.09 bits per heavy atom. The van der Waals surface area contributed by atoms with Crippen molar-refractivity contribution in [1.29, 1.82) is 5.26 Å². The molecule has 9 heteroatoms. The van der Waals surface area contributed by atoms with Gasteiger partial charge in [0.2, 0.25) is 11.8 Å². The summed E-state index contributed by atoms with van der Waals surface area (Å²) in [5, 5.41) is 20.6. The predicted molar refractivity (Wildman–Crippen MR) is 127 cm³/mol. The lowest BCUT2D eigenvalue weighted by molar-refractivity contribution is -0.113. The molecule has 0 fully saturated rings. The SMILES string of the molecule is Cc1cc(Oc2ccc(C#N)cc2)ccc1NC(=O)CSc1nnc(-c2ccc(Cl)cc2)o1. The maximum Gasteiger partial charge on any atom is 0.277 e. The third-order valence-electron chi connectivity index (χ3n) is 4.52. The number of benzene rings is 3. The van der Waals surface area contributed by atoms with Crippen LogP contribution in [0.5, 0.6) is 11.5 Å². The topological polar surface area (TPSA) is 101 Å². The molecule has 1 aromatic heterocycles. The Hall–Kier alpha value is -3.80. The van der Waals surface area contributed by atoms with Crippen molar-refractivity contribution in [3.05, 3.63) is 82.9 Å².